The summed E-state index contributed by atoms with van der Waals surface area (Å²) in [5.74, 6) is -2.40. The van der Waals surface area contributed by atoms with Gasteiger partial charge in [0.1, 0.15) is 0 Å². The first-order valence-electron chi connectivity index (χ1n) is 12.1. The van der Waals surface area contributed by atoms with Crippen LogP contribution in [0.25, 0.3) is 0 Å². The first-order valence-corrected chi connectivity index (χ1v) is 15.1. The van der Waals surface area contributed by atoms with Gasteiger partial charge in [-0.25, -0.2) is 0 Å². The maximum absolute atomic E-state index is 14.1. The number of halogens is 3. The van der Waals surface area contributed by atoms with Crippen molar-refractivity contribution in [1.82, 2.24) is 0 Å². The van der Waals surface area contributed by atoms with E-state index in [0.717, 1.165) is 11.8 Å². The van der Waals surface area contributed by atoms with Crippen LogP contribution in [0.4, 0.5) is 13.2 Å². The summed E-state index contributed by atoms with van der Waals surface area (Å²) in [5.41, 5.74) is 0.0978. The van der Waals surface area contributed by atoms with Gasteiger partial charge < -0.3 is 0 Å². The van der Waals surface area contributed by atoms with Crippen molar-refractivity contribution in [3.8, 4) is 0 Å². The standard InChI is InChI=1S/C27H24F3P2.C5H5.Fe/c1-21(32(24-15-7-3-8-16-24)25-17-9-4-10-18-25)26-19-11-12-22(26)20-31(27(28,29)30)23-13-5-2-6-14-23;1-2-4-5-3-1;/h2-19,21H,20H2,1H3;1-5H;/q;;+2/t21-,31+;;/m1../s1. The molecule has 0 amide bonds. The summed E-state index contributed by atoms with van der Waals surface area (Å²) in [6.07, 6.45) is 15.8. The molecular formula is C32H29F3FeP2+2. The van der Waals surface area contributed by atoms with Gasteiger partial charge in [0.05, 0.1) is 0 Å². The van der Waals surface area contributed by atoms with Crippen LogP contribution in [-0.2, 0) is 17.1 Å². The minimum absolute atomic E-state index is 0. The van der Waals surface area contributed by atoms with E-state index in [1.54, 1.807) is 30.3 Å². The molecule has 0 unspecified atom stereocenters. The smallest absolute Gasteiger partial charge is 0.167 e. The van der Waals surface area contributed by atoms with E-state index in [1.165, 1.54) is 10.6 Å². The second-order valence-corrected chi connectivity index (χ2v) is 13.3. The predicted octanol–water partition coefficient (Wildman–Crippen LogP) is 7.63. The molecule has 0 saturated heterocycles. The van der Waals surface area contributed by atoms with Crippen molar-refractivity contribution in [3.05, 3.63) is 154 Å². The molecule has 0 aliphatic heterocycles. The Morgan fingerprint density at radius 3 is 1.45 bits per heavy atom. The molecule has 3 aromatic carbocycles. The third kappa shape index (κ3) is 8.66. The number of hydrogen-bond acceptors (Lipinski definition) is 0. The van der Waals surface area contributed by atoms with E-state index >= 15 is 0 Å². The van der Waals surface area contributed by atoms with Crippen LogP contribution in [-0.4, -0.2) is 17.7 Å². The Labute approximate surface area is 240 Å². The molecule has 0 N–H and O–H groups in total. The number of hydrogen-bond donors (Lipinski definition) is 0. The molecular weight excluding hydrogens is 559 g/mol. The molecule has 2 aliphatic carbocycles. The van der Waals surface area contributed by atoms with Crippen LogP contribution >= 0.6 is 15.8 Å². The Morgan fingerprint density at radius 2 is 1.03 bits per heavy atom. The third-order valence-electron chi connectivity index (χ3n) is 6.11. The van der Waals surface area contributed by atoms with E-state index in [1.807, 2.05) is 87.8 Å². The Bertz CT molecular complexity index is 995. The molecule has 3 aromatic rings. The number of alkyl halides is 3. The van der Waals surface area contributed by atoms with Gasteiger partial charge >= 0.3 is 23.0 Å². The minimum atomic E-state index is -4.24. The van der Waals surface area contributed by atoms with Gasteiger partial charge in [0.2, 0.25) is 0 Å². The van der Waals surface area contributed by atoms with Crippen molar-refractivity contribution in [2.45, 2.75) is 18.5 Å². The number of benzene rings is 3. The molecule has 2 aliphatic rings. The molecule has 0 heterocycles. The van der Waals surface area contributed by atoms with Crippen molar-refractivity contribution in [3.63, 3.8) is 0 Å². The van der Waals surface area contributed by atoms with Crippen LogP contribution in [0.2, 0.25) is 0 Å². The minimum Gasteiger partial charge on any atom is -0.167 e. The van der Waals surface area contributed by atoms with Crippen LogP contribution in [0.3, 0.4) is 0 Å². The zero-order valence-corrected chi connectivity index (χ0v) is 23.8. The van der Waals surface area contributed by atoms with E-state index in [2.05, 4.69) is 31.2 Å². The van der Waals surface area contributed by atoms with Gasteiger partial charge in [-0.05, 0) is 98.9 Å². The zero-order chi connectivity index (χ0) is 26.1. The molecule has 10 radical (unpaired) electrons. The second-order valence-electron chi connectivity index (χ2n) is 8.58. The van der Waals surface area contributed by atoms with Crippen LogP contribution in [0.1, 0.15) is 6.92 Å². The Kier molecular flexibility index (Phi) is 12.9. The Morgan fingerprint density at radius 1 is 0.605 bits per heavy atom. The summed E-state index contributed by atoms with van der Waals surface area (Å²) in [5, 5.41) is 2.84. The third-order valence-corrected chi connectivity index (χ3v) is 11.1. The van der Waals surface area contributed by atoms with Gasteiger partial charge in [-0.3, -0.25) is 0 Å². The maximum Gasteiger partial charge on any atom is 2.00 e. The molecule has 2 fully saturated rings. The van der Waals surface area contributed by atoms with E-state index in [-0.39, 0.29) is 28.9 Å². The first kappa shape index (κ1) is 31.4. The van der Waals surface area contributed by atoms with Crippen LogP contribution in [0, 0.1) is 63.2 Å². The van der Waals surface area contributed by atoms with E-state index in [4.69, 9.17) is 0 Å². The zero-order valence-electron chi connectivity index (χ0n) is 20.9. The predicted molar refractivity (Wildman–Crippen MR) is 153 cm³/mol. The van der Waals surface area contributed by atoms with Crippen LogP contribution in [0.15, 0.2) is 91.0 Å². The second kappa shape index (κ2) is 15.6. The summed E-state index contributed by atoms with van der Waals surface area (Å²) >= 11 is 0. The summed E-state index contributed by atoms with van der Waals surface area (Å²) in [6, 6.07) is 29.0. The van der Waals surface area contributed by atoms with Gasteiger partial charge in [-0.15, -0.1) is 0 Å². The largest absolute Gasteiger partial charge is 2.00 e. The van der Waals surface area contributed by atoms with Crippen molar-refractivity contribution in [1.29, 1.82) is 0 Å². The maximum atomic E-state index is 14.1. The molecule has 0 spiro atoms. The van der Waals surface area contributed by atoms with E-state index in [0.29, 0.717) is 5.30 Å². The average molecular weight is 588 g/mol. The van der Waals surface area contributed by atoms with Gasteiger partial charge in [0.15, 0.2) is 0 Å². The summed E-state index contributed by atoms with van der Waals surface area (Å²) in [6.45, 7) is 2.16. The fraction of sp³-hybridized carbons (Fsp3) is 0.125. The average Bonchev–Trinajstić information content (AvgIpc) is 3.64. The summed E-state index contributed by atoms with van der Waals surface area (Å²) in [7, 11) is -3.07. The van der Waals surface area contributed by atoms with Crippen LogP contribution < -0.4 is 15.9 Å². The van der Waals surface area contributed by atoms with E-state index < -0.39 is 21.8 Å². The topological polar surface area (TPSA) is 0 Å². The molecule has 194 valence electrons. The molecule has 6 heteroatoms. The van der Waals surface area contributed by atoms with Gasteiger partial charge in [-0.2, -0.15) is 13.2 Å². The molecule has 0 nitrogen and oxygen atoms in total. The fourth-order valence-corrected chi connectivity index (χ4v) is 8.89. The van der Waals surface area contributed by atoms with Crippen molar-refractivity contribution in [2.75, 3.05) is 6.16 Å². The molecule has 0 aromatic heterocycles. The van der Waals surface area contributed by atoms with Crippen molar-refractivity contribution < 1.29 is 30.2 Å². The number of rotatable bonds is 7. The van der Waals surface area contributed by atoms with Gasteiger partial charge in [-0.1, -0.05) is 97.9 Å². The molecule has 5 rings (SSSR count). The summed E-state index contributed by atoms with van der Waals surface area (Å²) < 4.78 is 42.2. The molecule has 38 heavy (non-hydrogen) atoms. The van der Waals surface area contributed by atoms with Crippen LogP contribution in [0.5, 0.6) is 0 Å². The van der Waals surface area contributed by atoms with Crippen molar-refractivity contribution >= 4 is 31.8 Å². The van der Waals surface area contributed by atoms with Crippen molar-refractivity contribution in [2.24, 2.45) is 0 Å². The molecule has 2 atom stereocenters. The quantitative estimate of drug-likeness (QED) is 0.197. The first-order chi connectivity index (χ1) is 17.9. The normalized spacial score (nSPS) is 17.9. The fourth-order valence-electron chi connectivity index (χ4n) is 4.36. The van der Waals surface area contributed by atoms with E-state index in [9.17, 15) is 13.2 Å². The molecule has 0 bridgehead atoms. The SMILES string of the molecule is C[C@H]([C]1[CH][CH][CH][C]1C[P@@](c1ccccc1)C(F)(F)F)P(c1ccccc1)c1ccccc1.[CH]1[CH][CH][CH][CH]1.[Fe+2]. The monoisotopic (exact) mass is 588 g/mol. The molecule has 2 saturated carbocycles. The Balaban J connectivity index is 0.000000598. The van der Waals surface area contributed by atoms with Gasteiger partial charge in [0, 0.05) is 7.92 Å². The summed E-state index contributed by atoms with van der Waals surface area (Å²) in [4.78, 5) is 0. The Hall–Kier alpha value is -1.17. The van der Waals surface area contributed by atoms with Gasteiger partial charge in [0.25, 0.3) is 0 Å².